The molecule has 1 heterocycles. The molecule has 0 amide bonds. The van der Waals surface area contributed by atoms with Gasteiger partial charge in [-0.15, -0.1) is 0 Å². The van der Waals surface area contributed by atoms with Crippen LogP contribution in [0.3, 0.4) is 0 Å². The predicted octanol–water partition coefficient (Wildman–Crippen LogP) is 0.466. The Morgan fingerprint density at radius 1 is 1.36 bits per heavy atom. The molecule has 1 aromatic heterocycles. The van der Waals surface area contributed by atoms with Gasteiger partial charge in [0, 0.05) is 14.0 Å². The van der Waals surface area contributed by atoms with Crippen LogP contribution in [0.1, 0.15) is 18.2 Å². The summed E-state index contributed by atoms with van der Waals surface area (Å²) in [6, 6.07) is 7.11. The summed E-state index contributed by atoms with van der Waals surface area (Å²) in [6.45, 7) is 1.79. The minimum atomic E-state index is -1.08. The molecule has 0 saturated carbocycles. The molecule has 1 atom stereocenters. The minimum absolute atomic E-state index is 0.0321. The van der Waals surface area contributed by atoms with Crippen LogP contribution in [0.5, 0.6) is 5.75 Å². The molecule has 8 nitrogen and oxygen atoms in total. The second-order valence-corrected chi connectivity index (χ2v) is 4.65. The highest BCUT2D eigenvalue weighted by Crippen LogP contribution is 2.15. The van der Waals surface area contributed by atoms with Crippen molar-refractivity contribution in [3.63, 3.8) is 0 Å². The largest absolute Gasteiger partial charge is 0.592 e. The van der Waals surface area contributed by atoms with Crippen molar-refractivity contribution in [3.8, 4) is 5.75 Å². The molecular weight excluding hydrogens is 290 g/mol. The number of aromatic nitrogens is 2. The van der Waals surface area contributed by atoms with Gasteiger partial charge in [0.2, 0.25) is 0 Å². The zero-order valence-electron chi connectivity index (χ0n) is 12.3. The number of esters is 1. The maximum atomic E-state index is 10.9. The summed E-state index contributed by atoms with van der Waals surface area (Å²) < 4.78 is 11.9. The van der Waals surface area contributed by atoms with Crippen molar-refractivity contribution in [1.29, 1.82) is 0 Å². The third-order valence-electron chi connectivity index (χ3n) is 3.03. The summed E-state index contributed by atoms with van der Waals surface area (Å²) in [5, 5.41) is 18.7. The number of nitrogens with one attached hydrogen (secondary N) is 1. The van der Waals surface area contributed by atoms with Crippen LogP contribution >= 0.6 is 0 Å². The van der Waals surface area contributed by atoms with E-state index in [1.54, 1.807) is 31.3 Å². The molecule has 22 heavy (non-hydrogen) atoms. The number of imidazole rings is 1. The Kier molecular flexibility index (Phi) is 5.10. The number of benzene rings is 1. The summed E-state index contributed by atoms with van der Waals surface area (Å²) in [6.07, 6.45) is 1.47. The normalized spacial score (nSPS) is 12.0. The van der Waals surface area contributed by atoms with Gasteiger partial charge in [-0.1, -0.05) is 12.1 Å². The fourth-order valence-electron chi connectivity index (χ4n) is 1.80. The number of carbonyl (C=O) groups is 1. The number of carbonyl (C=O) groups excluding carboxylic acids is 1. The van der Waals surface area contributed by atoms with Crippen molar-refractivity contribution >= 4 is 11.9 Å². The van der Waals surface area contributed by atoms with E-state index in [0.29, 0.717) is 11.4 Å². The number of hydrogen-bond donors (Lipinski definition) is 2. The van der Waals surface area contributed by atoms with E-state index in [1.165, 1.54) is 17.7 Å². The first-order valence-corrected chi connectivity index (χ1v) is 6.56. The quantitative estimate of drug-likeness (QED) is 0.594. The van der Waals surface area contributed by atoms with Gasteiger partial charge < -0.3 is 14.7 Å². The lowest BCUT2D eigenvalue weighted by atomic mass is 10.2. The van der Waals surface area contributed by atoms with Crippen LogP contribution in [0.4, 0.5) is 5.95 Å². The maximum absolute atomic E-state index is 10.9. The summed E-state index contributed by atoms with van der Waals surface area (Å²) in [4.78, 5) is 14.5. The van der Waals surface area contributed by atoms with Gasteiger partial charge in [-0.2, -0.15) is 10.2 Å². The number of quaternary nitrogens is 1. The molecule has 1 unspecified atom stereocenters. The van der Waals surface area contributed by atoms with E-state index >= 15 is 0 Å². The van der Waals surface area contributed by atoms with E-state index in [1.807, 2.05) is 0 Å². The molecular formula is C14H17N3O5. The van der Waals surface area contributed by atoms with Crippen LogP contribution in [0.25, 0.3) is 0 Å². The molecule has 0 fully saturated rings. The van der Waals surface area contributed by atoms with E-state index in [2.05, 4.69) is 4.98 Å². The van der Waals surface area contributed by atoms with Crippen molar-refractivity contribution in [2.75, 3.05) is 0 Å². The first-order valence-electron chi connectivity index (χ1n) is 6.56. The van der Waals surface area contributed by atoms with Crippen molar-refractivity contribution in [1.82, 2.24) is 9.55 Å². The highest BCUT2D eigenvalue weighted by Gasteiger charge is 2.12. The first-order chi connectivity index (χ1) is 10.5. The highest BCUT2D eigenvalue weighted by molar-refractivity contribution is 5.65. The van der Waals surface area contributed by atoms with Gasteiger partial charge in [0.25, 0.3) is 0 Å². The van der Waals surface area contributed by atoms with Gasteiger partial charge in [0.15, 0.2) is 0 Å². The smallest absolute Gasteiger partial charge is 0.341 e. The van der Waals surface area contributed by atoms with E-state index in [-0.39, 0.29) is 25.1 Å². The summed E-state index contributed by atoms with van der Waals surface area (Å²) in [5.74, 6) is 0.269. The monoisotopic (exact) mass is 307 g/mol. The lowest BCUT2D eigenvalue weighted by molar-refractivity contribution is -0.995. The lowest BCUT2D eigenvalue weighted by Gasteiger charge is -2.11. The Morgan fingerprint density at radius 3 is 2.59 bits per heavy atom. The molecule has 118 valence electrons. The van der Waals surface area contributed by atoms with Crippen LogP contribution in [0.2, 0.25) is 0 Å². The average Bonchev–Trinajstić information content (AvgIpc) is 2.85. The predicted molar refractivity (Wildman–Crippen MR) is 75.2 cm³/mol. The van der Waals surface area contributed by atoms with E-state index in [9.17, 15) is 10.0 Å². The second-order valence-electron chi connectivity index (χ2n) is 4.65. The van der Waals surface area contributed by atoms with Gasteiger partial charge in [-0.3, -0.25) is 9.36 Å². The minimum Gasteiger partial charge on any atom is -0.592 e. The Hall–Kier alpha value is -2.42. The molecule has 0 bridgehead atoms. The first kappa shape index (κ1) is 16.0. The van der Waals surface area contributed by atoms with Crippen molar-refractivity contribution < 1.29 is 24.7 Å². The Bertz CT molecular complexity index is 636. The Labute approximate surface area is 127 Å². The summed E-state index contributed by atoms with van der Waals surface area (Å²) >= 11 is 0. The van der Waals surface area contributed by atoms with E-state index in [4.69, 9.17) is 14.7 Å². The van der Waals surface area contributed by atoms with Crippen LogP contribution in [0, 0.1) is 5.21 Å². The molecule has 0 radical (unpaired) electrons. The van der Waals surface area contributed by atoms with Gasteiger partial charge in [0.05, 0.1) is 11.9 Å². The standard InChI is InChI=1S/C14H17N3O5/c1-10(18)21-8-11-3-5-13(6-4-11)22-9-12-7-15-14(16(12)2)17(19)20/h3-7,17,19H,8-9H2,1-2H3. The van der Waals surface area contributed by atoms with Gasteiger partial charge in [0.1, 0.15) is 19.0 Å². The number of ether oxygens (including phenoxy) is 2. The molecule has 0 aliphatic rings. The third kappa shape index (κ3) is 4.04. The zero-order valence-corrected chi connectivity index (χ0v) is 12.3. The lowest BCUT2D eigenvalue weighted by Crippen LogP contribution is -3.00. The molecule has 0 aliphatic carbocycles. The van der Waals surface area contributed by atoms with Crippen molar-refractivity contribution in [3.05, 3.63) is 46.9 Å². The van der Waals surface area contributed by atoms with Crippen molar-refractivity contribution in [2.24, 2.45) is 7.05 Å². The fourth-order valence-corrected chi connectivity index (χ4v) is 1.80. The number of hydrogen-bond acceptors (Lipinski definition) is 6. The molecule has 2 aromatic rings. The summed E-state index contributed by atoms with van der Waals surface area (Å²) in [5.41, 5.74) is 1.51. The summed E-state index contributed by atoms with van der Waals surface area (Å²) in [7, 11) is 1.62. The third-order valence-corrected chi connectivity index (χ3v) is 3.03. The molecule has 0 spiro atoms. The van der Waals surface area contributed by atoms with Crippen LogP contribution in [-0.4, -0.2) is 20.7 Å². The molecule has 0 aliphatic heterocycles. The van der Waals surface area contributed by atoms with Crippen LogP contribution in [0.15, 0.2) is 30.5 Å². The number of nitrogens with zero attached hydrogens (tertiary/aromatic N) is 2. The van der Waals surface area contributed by atoms with Crippen LogP contribution < -0.4 is 9.96 Å². The molecule has 2 rings (SSSR count). The van der Waals surface area contributed by atoms with Gasteiger partial charge in [-0.25, -0.2) is 5.21 Å². The SMILES string of the molecule is CC(=O)OCc1ccc(OCc2cnc([NH+]([O-])O)n2C)cc1. The molecule has 8 heteroatoms. The topological polar surface area (TPSA) is 101 Å². The second kappa shape index (κ2) is 7.03. The van der Waals surface area contributed by atoms with Crippen LogP contribution in [-0.2, 0) is 29.8 Å². The highest BCUT2D eigenvalue weighted by atomic mass is 16.8. The fraction of sp³-hybridized carbons (Fsp3) is 0.286. The van der Waals surface area contributed by atoms with Gasteiger partial charge in [-0.05, 0) is 17.7 Å². The Morgan fingerprint density at radius 2 is 2.05 bits per heavy atom. The molecule has 0 saturated heterocycles. The van der Waals surface area contributed by atoms with Crippen molar-refractivity contribution in [2.45, 2.75) is 20.1 Å². The number of rotatable bonds is 6. The molecule has 2 N–H and O–H groups in total. The maximum Gasteiger partial charge on any atom is 0.341 e. The zero-order chi connectivity index (χ0) is 16.1. The van der Waals surface area contributed by atoms with Gasteiger partial charge >= 0.3 is 11.9 Å². The van der Waals surface area contributed by atoms with E-state index in [0.717, 1.165) is 5.56 Å². The Balaban J connectivity index is 1.93. The average molecular weight is 307 g/mol. The van der Waals surface area contributed by atoms with E-state index < -0.39 is 5.23 Å². The molecule has 1 aromatic carbocycles.